The smallest absolute Gasteiger partial charge is 0.160 e. The van der Waals surface area contributed by atoms with Gasteiger partial charge in [0.05, 0.1) is 22.9 Å². The number of aromatic nitrogens is 7. The molecule has 3 heterocycles. The molecule has 0 saturated heterocycles. The van der Waals surface area contributed by atoms with Gasteiger partial charge in [0, 0.05) is 31.7 Å². The van der Waals surface area contributed by atoms with Gasteiger partial charge < -0.3 is 4.57 Å². The van der Waals surface area contributed by atoms with E-state index in [4.69, 9.17) is 4.98 Å². The average Bonchev–Trinajstić information content (AvgIpc) is 3.26. The largest absolute Gasteiger partial charge is 0.330 e. The Morgan fingerprint density at radius 3 is 2.58 bits per heavy atom. The highest BCUT2D eigenvalue weighted by Crippen LogP contribution is 2.21. The van der Waals surface area contributed by atoms with Gasteiger partial charge in [-0.25, -0.2) is 15.0 Å². The third kappa shape index (κ3) is 2.76. The van der Waals surface area contributed by atoms with Crippen LogP contribution in [0, 0.1) is 6.92 Å². The highest BCUT2D eigenvalue weighted by Gasteiger charge is 2.13. The number of benzene rings is 1. The minimum atomic E-state index is 0.819. The lowest BCUT2D eigenvalue weighted by atomic mass is 10.2. The van der Waals surface area contributed by atoms with Crippen molar-refractivity contribution in [3.05, 3.63) is 54.7 Å². The van der Waals surface area contributed by atoms with Gasteiger partial charge in [0.25, 0.3) is 0 Å². The Morgan fingerprint density at radius 2 is 1.79 bits per heavy atom. The number of hydrogen-bond donors (Lipinski definition) is 0. The summed E-state index contributed by atoms with van der Waals surface area (Å²) < 4.78 is 3.94. The van der Waals surface area contributed by atoms with Crippen molar-refractivity contribution in [2.24, 2.45) is 0 Å². The summed E-state index contributed by atoms with van der Waals surface area (Å²) in [5.74, 6) is 0.851. The molecule has 0 saturated carbocycles. The summed E-state index contributed by atoms with van der Waals surface area (Å²) in [5, 5.41) is 7.80. The van der Waals surface area contributed by atoms with Crippen LogP contribution in [0.5, 0.6) is 0 Å². The lowest BCUT2D eigenvalue weighted by Crippen LogP contribution is -2.07. The van der Waals surface area contributed by atoms with Crippen molar-refractivity contribution in [1.82, 2.24) is 34.5 Å². The summed E-state index contributed by atoms with van der Waals surface area (Å²) in [6, 6.07) is 7.90. The first-order valence-corrected chi connectivity index (χ1v) is 7.90. The van der Waals surface area contributed by atoms with Crippen LogP contribution in [0.1, 0.15) is 12.1 Å². The Balaban J connectivity index is 1.60. The Morgan fingerprint density at radius 1 is 0.958 bits per heavy atom. The summed E-state index contributed by atoms with van der Waals surface area (Å²) >= 11 is 0. The van der Waals surface area contributed by atoms with E-state index >= 15 is 0 Å². The van der Waals surface area contributed by atoms with Crippen LogP contribution in [0.15, 0.2) is 49.1 Å². The quantitative estimate of drug-likeness (QED) is 0.565. The van der Waals surface area contributed by atoms with Gasteiger partial charge in [0.15, 0.2) is 5.82 Å². The maximum atomic E-state index is 4.76. The van der Waals surface area contributed by atoms with Crippen LogP contribution in [0.3, 0.4) is 0 Å². The second kappa shape index (κ2) is 6.19. The summed E-state index contributed by atoms with van der Waals surface area (Å²) in [6.45, 7) is 3.63. The van der Waals surface area contributed by atoms with Crippen molar-refractivity contribution in [3.63, 3.8) is 0 Å². The topological polar surface area (TPSA) is 74.3 Å². The molecule has 3 aromatic heterocycles. The number of para-hydroxylation sites is 2. The summed E-state index contributed by atoms with van der Waals surface area (Å²) in [7, 11) is 0. The van der Waals surface area contributed by atoms with Crippen LogP contribution in [0.2, 0.25) is 0 Å². The van der Waals surface area contributed by atoms with E-state index < -0.39 is 0 Å². The molecule has 1 aromatic carbocycles. The Kier molecular flexibility index (Phi) is 3.74. The van der Waals surface area contributed by atoms with Crippen LogP contribution < -0.4 is 0 Å². The summed E-state index contributed by atoms with van der Waals surface area (Å²) in [5.41, 5.74) is 3.51. The first-order valence-electron chi connectivity index (χ1n) is 7.90. The molecule has 7 heteroatoms. The first-order chi connectivity index (χ1) is 11.8. The number of rotatable bonds is 5. The van der Waals surface area contributed by atoms with Crippen LogP contribution in [0.4, 0.5) is 0 Å². The van der Waals surface area contributed by atoms with E-state index in [1.165, 1.54) is 0 Å². The van der Waals surface area contributed by atoms with E-state index in [9.17, 15) is 0 Å². The second-order valence-corrected chi connectivity index (χ2v) is 5.61. The third-order valence-electron chi connectivity index (χ3n) is 3.93. The lowest BCUT2D eigenvalue weighted by Gasteiger charge is -2.10. The van der Waals surface area contributed by atoms with Gasteiger partial charge in [0.1, 0.15) is 5.69 Å². The monoisotopic (exact) mass is 319 g/mol. The standard InChI is InChI=1S/C17H17N7/c1-13-16(21-15-6-3-2-5-14(15)20-13)17-18-7-11-23(17)9-4-10-24-12-8-19-22-24/h2-3,5-8,11-12H,4,9-10H2,1H3. The van der Waals surface area contributed by atoms with Crippen molar-refractivity contribution >= 4 is 11.0 Å². The molecule has 0 fully saturated rings. The van der Waals surface area contributed by atoms with Gasteiger partial charge in [0.2, 0.25) is 0 Å². The number of aryl methyl sites for hydroxylation is 3. The number of imidazole rings is 1. The molecule has 24 heavy (non-hydrogen) atoms. The molecule has 0 N–H and O–H groups in total. The minimum Gasteiger partial charge on any atom is -0.330 e. The van der Waals surface area contributed by atoms with Crippen LogP contribution in [-0.2, 0) is 13.1 Å². The fraction of sp³-hybridized carbons (Fsp3) is 0.235. The molecule has 0 spiro atoms. The molecule has 4 aromatic rings. The lowest BCUT2D eigenvalue weighted by molar-refractivity contribution is 0.516. The molecule has 0 aliphatic carbocycles. The molecule has 120 valence electrons. The summed E-state index contributed by atoms with van der Waals surface area (Å²) in [4.78, 5) is 13.9. The van der Waals surface area contributed by atoms with Gasteiger partial charge in [-0.05, 0) is 25.5 Å². The molecule has 0 unspecified atom stereocenters. The third-order valence-corrected chi connectivity index (χ3v) is 3.93. The van der Waals surface area contributed by atoms with E-state index in [1.54, 1.807) is 12.4 Å². The van der Waals surface area contributed by atoms with Crippen LogP contribution in [-0.4, -0.2) is 34.5 Å². The van der Waals surface area contributed by atoms with Crippen molar-refractivity contribution < 1.29 is 0 Å². The van der Waals surface area contributed by atoms with Crippen molar-refractivity contribution in [2.75, 3.05) is 0 Å². The zero-order valence-electron chi connectivity index (χ0n) is 13.4. The van der Waals surface area contributed by atoms with Crippen molar-refractivity contribution in [1.29, 1.82) is 0 Å². The maximum absolute atomic E-state index is 4.76. The predicted octanol–water partition coefficient (Wildman–Crippen LogP) is 2.48. The van der Waals surface area contributed by atoms with Gasteiger partial charge >= 0.3 is 0 Å². The van der Waals surface area contributed by atoms with Gasteiger partial charge in [-0.2, -0.15) is 0 Å². The van der Waals surface area contributed by atoms with Crippen LogP contribution in [0.25, 0.3) is 22.6 Å². The van der Waals surface area contributed by atoms with E-state index in [1.807, 2.05) is 48.3 Å². The molecular formula is C17H17N7. The molecule has 0 amide bonds. The van der Waals surface area contributed by atoms with E-state index in [0.29, 0.717) is 0 Å². The van der Waals surface area contributed by atoms with E-state index in [2.05, 4.69) is 24.8 Å². The number of nitrogens with zero attached hydrogens (tertiary/aromatic N) is 7. The average molecular weight is 319 g/mol. The van der Waals surface area contributed by atoms with Crippen LogP contribution >= 0.6 is 0 Å². The SMILES string of the molecule is Cc1nc2ccccc2nc1-c1nccn1CCCn1ccnn1. The highest BCUT2D eigenvalue weighted by molar-refractivity contribution is 5.77. The zero-order valence-corrected chi connectivity index (χ0v) is 13.4. The Hall–Kier alpha value is -3.09. The molecule has 0 radical (unpaired) electrons. The molecule has 0 aliphatic rings. The van der Waals surface area contributed by atoms with Crippen molar-refractivity contribution in [3.8, 4) is 11.5 Å². The Bertz CT molecular complexity index is 956. The van der Waals surface area contributed by atoms with E-state index in [0.717, 1.165) is 47.8 Å². The fourth-order valence-electron chi connectivity index (χ4n) is 2.76. The fourth-order valence-corrected chi connectivity index (χ4v) is 2.76. The first kappa shape index (κ1) is 14.5. The second-order valence-electron chi connectivity index (χ2n) is 5.61. The molecule has 0 aliphatic heterocycles. The molecule has 4 rings (SSSR count). The highest BCUT2D eigenvalue weighted by atomic mass is 15.4. The predicted molar refractivity (Wildman–Crippen MR) is 90.1 cm³/mol. The van der Waals surface area contributed by atoms with Gasteiger partial charge in [-0.15, -0.1) is 5.10 Å². The minimum absolute atomic E-state index is 0.819. The Labute approximate surface area is 139 Å². The van der Waals surface area contributed by atoms with Crippen molar-refractivity contribution in [2.45, 2.75) is 26.4 Å². The van der Waals surface area contributed by atoms with E-state index in [-0.39, 0.29) is 0 Å². The number of fused-ring (bicyclic) bond motifs is 1. The maximum Gasteiger partial charge on any atom is 0.160 e. The van der Waals surface area contributed by atoms with Gasteiger partial charge in [-0.1, -0.05) is 17.3 Å². The zero-order chi connectivity index (χ0) is 16.4. The molecular weight excluding hydrogens is 302 g/mol. The molecule has 7 nitrogen and oxygen atoms in total. The molecule has 0 bridgehead atoms. The number of hydrogen-bond acceptors (Lipinski definition) is 5. The van der Waals surface area contributed by atoms with Gasteiger partial charge in [-0.3, -0.25) is 4.68 Å². The normalized spacial score (nSPS) is 11.2. The molecule has 0 atom stereocenters. The summed E-state index contributed by atoms with van der Waals surface area (Å²) in [6.07, 6.45) is 8.28.